The molecule has 1 unspecified atom stereocenters. The fourth-order valence-electron chi connectivity index (χ4n) is 1.96. The van der Waals surface area contributed by atoms with Gasteiger partial charge < -0.3 is 5.32 Å². The first-order chi connectivity index (χ1) is 7.98. The van der Waals surface area contributed by atoms with Crippen molar-refractivity contribution in [2.75, 3.05) is 13.1 Å². The Labute approximate surface area is 96.8 Å². The van der Waals surface area contributed by atoms with E-state index in [1.54, 1.807) is 0 Å². The van der Waals surface area contributed by atoms with E-state index >= 15 is 0 Å². The first-order valence-electron chi connectivity index (χ1n) is 5.49. The van der Waals surface area contributed by atoms with Crippen LogP contribution in [0.3, 0.4) is 0 Å². The summed E-state index contributed by atoms with van der Waals surface area (Å²) in [5.41, 5.74) is -1.10. The lowest BCUT2D eigenvalue weighted by Crippen LogP contribution is -2.42. The fraction of sp³-hybridized carbons (Fsp3) is 0.500. The number of nitrogens with one attached hydrogen (secondary N) is 1. The van der Waals surface area contributed by atoms with E-state index < -0.39 is 17.9 Å². The second-order valence-corrected chi connectivity index (χ2v) is 4.31. The molecule has 0 saturated carbocycles. The molecular weight excluding hydrogens is 234 g/mol. The zero-order chi connectivity index (χ0) is 12.5. The molecule has 1 nitrogen and oxygen atoms in total. The Hall–Kier alpha value is -1.10. The lowest BCUT2D eigenvalue weighted by atomic mass is 9.91. The van der Waals surface area contributed by atoms with Gasteiger partial charge in [-0.25, -0.2) is 4.39 Å². The van der Waals surface area contributed by atoms with Gasteiger partial charge in [-0.2, -0.15) is 13.2 Å². The molecule has 1 aromatic carbocycles. The highest BCUT2D eigenvalue weighted by Gasteiger charge is 2.35. The van der Waals surface area contributed by atoms with Gasteiger partial charge in [-0.15, -0.1) is 0 Å². The van der Waals surface area contributed by atoms with Gasteiger partial charge in [0.15, 0.2) is 0 Å². The molecule has 17 heavy (non-hydrogen) atoms. The zero-order valence-corrected chi connectivity index (χ0v) is 9.10. The molecule has 1 aliphatic heterocycles. The summed E-state index contributed by atoms with van der Waals surface area (Å²) < 4.78 is 51.9. The van der Waals surface area contributed by atoms with Gasteiger partial charge in [-0.05, 0) is 37.1 Å². The van der Waals surface area contributed by atoms with Gasteiger partial charge in [0.05, 0.1) is 5.56 Å². The van der Waals surface area contributed by atoms with E-state index in [2.05, 4.69) is 5.32 Å². The number of benzene rings is 1. The van der Waals surface area contributed by atoms with Crippen LogP contribution in [0.25, 0.3) is 0 Å². The van der Waals surface area contributed by atoms with Crippen LogP contribution in [0.1, 0.15) is 23.7 Å². The lowest BCUT2D eigenvalue weighted by Gasteiger charge is -2.29. The minimum Gasteiger partial charge on any atom is -0.316 e. The lowest BCUT2D eigenvalue weighted by molar-refractivity contribution is -0.138. The van der Waals surface area contributed by atoms with Gasteiger partial charge in [0.25, 0.3) is 0 Å². The molecule has 1 aliphatic rings. The zero-order valence-electron chi connectivity index (χ0n) is 9.10. The Balaban J connectivity index is 2.18. The summed E-state index contributed by atoms with van der Waals surface area (Å²) in [6, 6.07) is 4.88. The molecule has 0 spiro atoms. The van der Waals surface area contributed by atoms with Crippen LogP contribution in [0.15, 0.2) is 24.3 Å². The summed E-state index contributed by atoms with van der Waals surface area (Å²) >= 11 is 0. The Morgan fingerprint density at radius 3 is 2.41 bits per heavy atom. The maximum absolute atomic E-state index is 13.9. The average molecular weight is 247 g/mol. The van der Waals surface area contributed by atoms with Crippen molar-refractivity contribution in [3.05, 3.63) is 35.4 Å². The van der Waals surface area contributed by atoms with E-state index in [-0.39, 0.29) is 17.9 Å². The molecule has 1 atom stereocenters. The molecule has 0 radical (unpaired) electrons. The molecular formula is C12H13F4N. The predicted octanol–water partition coefficient (Wildman–Crippen LogP) is 3.33. The Morgan fingerprint density at radius 2 is 1.88 bits per heavy atom. The van der Waals surface area contributed by atoms with Crippen molar-refractivity contribution in [1.82, 2.24) is 5.32 Å². The molecule has 1 aromatic rings. The average Bonchev–Trinajstić information content (AvgIpc) is 2.22. The monoisotopic (exact) mass is 247 g/mol. The number of hydrogen-bond donors (Lipinski definition) is 1. The van der Waals surface area contributed by atoms with Crippen LogP contribution < -0.4 is 5.32 Å². The van der Waals surface area contributed by atoms with Crippen LogP contribution in [0, 0.1) is 5.92 Å². The van der Waals surface area contributed by atoms with Gasteiger partial charge in [-0.1, -0.05) is 18.2 Å². The molecule has 1 saturated heterocycles. The van der Waals surface area contributed by atoms with Gasteiger partial charge >= 0.3 is 6.18 Å². The van der Waals surface area contributed by atoms with Crippen LogP contribution in [0.5, 0.6) is 0 Å². The first kappa shape index (κ1) is 12.4. The van der Waals surface area contributed by atoms with Crippen molar-refractivity contribution in [3.63, 3.8) is 0 Å². The van der Waals surface area contributed by atoms with Crippen LogP contribution >= 0.6 is 0 Å². The first-order valence-corrected chi connectivity index (χ1v) is 5.49. The second kappa shape index (κ2) is 4.64. The summed E-state index contributed by atoms with van der Waals surface area (Å²) in [5, 5.41) is 2.97. The van der Waals surface area contributed by atoms with Crippen molar-refractivity contribution >= 4 is 0 Å². The topological polar surface area (TPSA) is 12.0 Å². The Morgan fingerprint density at radius 1 is 1.24 bits per heavy atom. The largest absolute Gasteiger partial charge is 0.416 e. The maximum atomic E-state index is 13.9. The molecule has 2 rings (SSSR count). The van der Waals surface area contributed by atoms with Crippen molar-refractivity contribution < 1.29 is 17.6 Å². The van der Waals surface area contributed by atoms with Crippen LogP contribution in [-0.4, -0.2) is 13.1 Å². The normalized spacial score (nSPS) is 18.8. The van der Waals surface area contributed by atoms with Gasteiger partial charge in [0, 0.05) is 0 Å². The van der Waals surface area contributed by atoms with E-state index in [0.29, 0.717) is 13.1 Å². The molecule has 1 N–H and O–H groups in total. The highest BCUT2D eigenvalue weighted by molar-refractivity contribution is 5.31. The molecule has 0 amide bonds. The van der Waals surface area contributed by atoms with Crippen LogP contribution in [-0.2, 0) is 6.18 Å². The van der Waals surface area contributed by atoms with Crippen molar-refractivity contribution in [2.45, 2.75) is 18.8 Å². The summed E-state index contributed by atoms with van der Waals surface area (Å²) in [6.07, 6.45) is -5.88. The van der Waals surface area contributed by atoms with Crippen molar-refractivity contribution in [2.24, 2.45) is 5.92 Å². The van der Waals surface area contributed by atoms with Crippen LogP contribution in [0.4, 0.5) is 17.6 Å². The highest BCUT2D eigenvalue weighted by atomic mass is 19.4. The third-order valence-corrected chi connectivity index (χ3v) is 3.01. The number of hydrogen-bond acceptors (Lipinski definition) is 1. The standard InChI is InChI=1S/C12H13F4N/c13-11(5-8-6-17-7-8)9-3-1-2-4-10(9)12(14,15)16/h1-4,8,11,17H,5-7H2. The molecule has 94 valence electrons. The number of rotatable bonds is 3. The van der Waals surface area contributed by atoms with E-state index in [0.717, 1.165) is 6.07 Å². The fourth-order valence-corrected chi connectivity index (χ4v) is 1.96. The van der Waals surface area contributed by atoms with E-state index in [1.165, 1.54) is 18.2 Å². The van der Waals surface area contributed by atoms with Gasteiger partial charge in [0.1, 0.15) is 6.17 Å². The van der Waals surface area contributed by atoms with Crippen molar-refractivity contribution in [1.29, 1.82) is 0 Å². The molecule has 1 heterocycles. The summed E-state index contributed by atoms with van der Waals surface area (Å²) in [7, 11) is 0. The van der Waals surface area contributed by atoms with Crippen molar-refractivity contribution in [3.8, 4) is 0 Å². The highest BCUT2D eigenvalue weighted by Crippen LogP contribution is 2.37. The molecule has 1 fully saturated rings. The van der Waals surface area contributed by atoms with E-state index in [9.17, 15) is 17.6 Å². The minimum absolute atomic E-state index is 0.145. The number of halogens is 4. The number of alkyl halides is 4. The molecule has 5 heteroatoms. The SMILES string of the molecule is FC(CC1CNC1)c1ccccc1C(F)(F)F. The minimum atomic E-state index is -4.49. The van der Waals surface area contributed by atoms with Crippen LogP contribution in [0.2, 0.25) is 0 Å². The summed E-state index contributed by atoms with van der Waals surface area (Å²) in [4.78, 5) is 0. The third-order valence-electron chi connectivity index (χ3n) is 3.01. The quantitative estimate of drug-likeness (QED) is 0.808. The Kier molecular flexibility index (Phi) is 3.38. The molecule has 0 bridgehead atoms. The molecule has 0 aliphatic carbocycles. The van der Waals surface area contributed by atoms with Gasteiger partial charge in [-0.3, -0.25) is 0 Å². The Bertz CT molecular complexity index is 384. The van der Waals surface area contributed by atoms with E-state index in [4.69, 9.17) is 0 Å². The second-order valence-electron chi connectivity index (χ2n) is 4.31. The third kappa shape index (κ3) is 2.77. The summed E-state index contributed by atoms with van der Waals surface area (Å²) in [5.74, 6) is 0.145. The van der Waals surface area contributed by atoms with E-state index in [1.807, 2.05) is 0 Å². The maximum Gasteiger partial charge on any atom is 0.416 e. The van der Waals surface area contributed by atoms with Gasteiger partial charge in [0.2, 0.25) is 0 Å². The summed E-state index contributed by atoms with van der Waals surface area (Å²) in [6.45, 7) is 1.38. The smallest absolute Gasteiger partial charge is 0.316 e. The predicted molar refractivity (Wildman–Crippen MR) is 56.3 cm³/mol. The molecule has 0 aromatic heterocycles.